The van der Waals surface area contributed by atoms with E-state index in [2.05, 4.69) is 5.32 Å². The van der Waals surface area contributed by atoms with E-state index in [-0.39, 0.29) is 10.9 Å². The lowest BCUT2D eigenvalue weighted by atomic mass is 9.81. The predicted molar refractivity (Wildman–Crippen MR) is 84.9 cm³/mol. The Balaban J connectivity index is 3.03. The molecule has 0 fully saturated rings. The molecule has 0 aromatic heterocycles. The molecule has 0 saturated heterocycles. The molecule has 3 nitrogen and oxygen atoms in total. The Kier molecular flexibility index (Phi) is 5.59. The van der Waals surface area contributed by atoms with E-state index in [1.165, 1.54) is 0 Å². The van der Waals surface area contributed by atoms with Crippen LogP contribution in [0, 0.1) is 5.41 Å². The Hall–Kier alpha value is -0.840. The van der Waals surface area contributed by atoms with Crippen molar-refractivity contribution in [2.24, 2.45) is 11.1 Å². The molecule has 19 heavy (non-hydrogen) atoms. The molecule has 0 atom stereocenters. The maximum Gasteiger partial charge on any atom is 0.237 e. The highest BCUT2D eigenvalue weighted by atomic mass is 35.5. The average Bonchev–Trinajstić information content (AvgIpc) is 2.34. The van der Waals surface area contributed by atoms with Crippen molar-refractivity contribution in [3.63, 3.8) is 0 Å². The van der Waals surface area contributed by atoms with E-state index in [9.17, 15) is 4.79 Å². The Bertz CT molecular complexity index is 501. The van der Waals surface area contributed by atoms with Crippen molar-refractivity contribution in [1.82, 2.24) is 0 Å². The highest BCUT2D eigenvalue weighted by Gasteiger charge is 2.38. The van der Waals surface area contributed by atoms with E-state index in [0.717, 1.165) is 0 Å². The van der Waals surface area contributed by atoms with Crippen LogP contribution in [0.2, 0.25) is 10.0 Å². The smallest absolute Gasteiger partial charge is 0.237 e. The molecule has 0 radical (unpaired) electrons. The first-order valence-corrected chi connectivity index (χ1v) is 7.10. The van der Waals surface area contributed by atoms with Crippen LogP contribution in [-0.4, -0.2) is 10.9 Å². The van der Waals surface area contributed by atoms with Gasteiger partial charge in [0.15, 0.2) is 0 Å². The lowest BCUT2D eigenvalue weighted by Crippen LogP contribution is -2.45. The summed E-state index contributed by atoms with van der Waals surface area (Å²) in [5.74, 6) is -0.241. The largest absolute Gasteiger partial charge is 0.392 e. The first-order chi connectivity index (χ1) is 8.87. The number of nitrogens with one attached hydrogen (secondary N) is 1. The van der Waals surface area contributed by atoms with Crippen LogP contribution in [0.1, 0.15) is 26.7 Å². The maximum absolute atomic E-state index is 12.4. The first-order valence-electron chi connectivity index (χ1n) is 5.93. The van der Waals surface area contributed by atoms with Crippen LogP contribution in [-0.2, 0) is 4.79 Å². The van der Waals surface area contributed by atoms with Crippen molar-refractivity contribution >= 4 is 52.0 Å². The summed E-state index contributed by atoms with van der Waals surface area (Å²) in [6.07, 6.45) is 1.08. The number of benzene rings is 1. The Morgan fingerprint density at radius 3 is 2.37 bits per heavy atom. The third-order valence-corrected chi connectivity index (χ3v) is 4.23. The Labute approximate surface area is 128 Å². The second-order valence-corrected chi connectivity index (χ2v) is 5.52. The van der Waals surface area contributed by atoms with E-state index in [4.69, 9.17) is 41.2 Å². The molecule has 1 aromatic rings. The number of amides is 1. The number of rotatable bonds is 5. The average molecular weight is 319 g/mol. The third kappa shape index (κ3) is 3.38. The molecule has 104 valence electrons. The molecule has 0 aliphatic carbocycles. The van der Waals surface area contributed by atoms with Crippen molar-refractivity contribution < 1.29 is 4.79 Å². The highest BCUT2D eigenvalue weighted by molar-refractivity contribution is 7.80. The summed E-state index contributed by atoms with van der Waals surface area (Å²) >= 11 is 16.9. The number of thiocarbonyl (C=S) groups is 1. The predicted octanol–water partition coefficient (Wildman–Crippen LogP) is 4.02. The summed E-state index contributed by atoms with van der Waals surface area (Å²) in [6, 6.07) is 4.88. The van der Waals surface area contributed by atoms with Crippen molar-refractivity contribution in [1.29, 1.82) is 0 Å². The van der Waals surface area contributed by atoms with Crippen LogP contribution in [0.3, 0.4) is 0 Å². The minimum Gasteiger partial charge on any atom is -0.392 e. The van der Waals surface area contributed by atoms with Crippen molar-refractivity contribution in [2.75, 3.05) is 5.32 Å². The highest BCUT2D eigenvalue weighted by Crippen LogP contribution is 2.31. The van der Waals surface area contributed by atoms with E-state index in [1.807, 2.05) is 13.8 Å². The molecule has 0 heterocycles. The van der Waals surface area contributed by atoms with Gasteiger partial charge in [-0.05, 0) is 31.0 Å². The van der Waals surface area contributed by atoms with Gasteiger partial charge in [0.1, 0.15) is 0 Å². The molecule has 1 rings (SSSR count). The van der Waals surface area contributed by atoms with Crippen LogP contribution in [0.15, 0.2) is 18.2 Å². The van der Waals surface area contributed by atoms with E-state index in [0.29, 0.717) is 28.6 Å². The molecular formula is C13H16Cl2N2OS. The summed E-state index contributed by atoms with van der Waals surface area (Å²) in [5, 5.41) is 3.65. The van der Waals surface area contributed by atoms with Gasteiger partial charge in [-0.1, -0.05) is 49.3 Å². The lowest BCUT2D eigenvalue weighted by Gasteiger charge is -2.29. The van der Waals surface area contributed by atoms with E-state index < -0.39 is 5.41 Å². The zero-order valence-electron chi connectivity index (χ0n) is 10.8. The Morgan fingerprint density at radius 2 is 1.95 bits per heavy atom. The van der Waals surface area contributed by atoms with Crippen molar-refractivity contribution in [3.05, 3.63) is 28.2 Å². The molecule has 1 amide bonds. The molecule has 1 aromatic carbocycles. The van der Waals surface area contributed by atoms with Gasteiger partial charge >= 0.3 is 0 Å². The summed E-state index contributed by atoms with van der Waals surface area (Å²) in [5.41, 5.74) is 5.38. The summed E-state index contributed by atoms with van der Waals surface area (Å²) in [6.45, 7) is 3.76. The molecular weight excluding hydrogens is 303 g/mol. The van der Waals surface area contributed by atoms with Gasteiger partial charge < -0.3 is 11.1 Å². The Morgan fingerprint density at radius 1 is 1.37 bits per heavy atom. The van der Waals surface area contributed by atoms with Crippen LogP contribution in [0.25, 0.3) is 0 Å². The fourth-order valence-electron chi connectivity index (χ4n) is 1.86. The number of anilines is 1. The van der Waals surface area contributed by atoms with Crippen LogP contribution in [0.4, 0.5) is 5.69 Å². The van der Waals surface area contributed by atoms with Gasteiger partial charge in [-0.3, -0.25) is 4.79 Å². The van der Waals surface area contributed by atoms with Crippen LogP contribution < -0.4 is 11.1 Å². The van der Waals surface area contributed by atoms with E-state index >= 15 is 0 Å². The normalized spacial score (nSPS) is 11.2. The standard InChI is InChI=1S/C13H16Cl2N2OS/c1-3-13(4-2,11(16)19)12(18)17-10-6-5-8(14)7-9(10)15/h5-7H,3-4H2,1-2H3,(H2,16,19)(H,17,18). The van der Waals surface area contributed by atoms with Gasteiger partial charge in [0.25, 0.3) is 0 Å². The third-order valence-electron chi connectivity index (χ3n) is 3.29. The molecule has 0 aliphatic heterocycles. The molecule has 0 bridgehead atoms. The summed E-state index contributed by atoms with van der Waals surface area (Å²) in [7, 11) is 0. The monoisotopic (exact) mass is 318 g/mol. The number of hydrogen-bond acceptors (Lipinski definition) is 2. The fraction of sp³-hybridized carbons (Fsp3) is 0.385. The topological polar surface area (TPSA) is 55.1 Å². The van der Waals surface area contributed by atoms with Crippen molar-refractivity contribution in [3.8, 4) is 0 Å². The van der Waals surface area contributed by atoms with Gasteiger partial charge in [-0.25, -0.2) is 0 Å². The van der Waals surface area contributed by atoms with Gasteiger partial charge in [-0.2, -0.15) is 0 Å². The van der Waals surface area contributed by atoms with Crippen LogP contribution in [0.5, 0.6) is 0 Å². The second-order valence-electron chi connectivity index (χ2n) is 4.23. The number of halogens is 2. The van der Waals surface area contributed by atoms with Gasteiger partial charge in [0, 0.05) is 5.02 Å². The SMILES string of the molecule is CCC(CC)(C(=O)Nc1ccc(Cl)cc1Cl)C(N)=S. The second kappa shape index (κ2) is 6.55. The lowest BCUT2D eigenvalue weighted by molar-refractivity contribution is -0.122. The minimum absolute atomic E-state index is 0.195. The molecule has 0 unspecified atom stereocenters. The molecule has 3 N–H and O–H groups in total. The summed E-state index contributed by atoms with van der Waals surface area (Å²) < 4.78 is 0. The van der Waals surface area contributed by atoms with E-state index in [1.54, 1.807) is 18.2 Å². The van der Waals surface area contributed by atoms with Gasteiger partial charge in [0.2, 0.25) is 5.91 Å². The fourth-order valence-corrected chi connectivity index (χ4v) is 2.70. The van der Waals surface area contributed by atoms with Crippen molar-refractivity contribution in [2.45, 2.75) is 26.7 Å². The molecule has 6 heteroatoms. The first kappa shape index (κ1) is 16.2. The zero-order chi connectivity index (χ0) is 14.6. The molecule has 0 aliphatic rings. The molecule has 0 saturated carbocycles. The number of hydrogen-bond donors (Lipinski definition) is 2. The van der Waals surface area contributed by atoms with Gasteiger partial charge in [-0.15, -0.1) is 0 Å². The minimum atomic E-state index is -0.849. The van der Waals surface area contributed by atoms with Crippen LogP contribution >= 0.6 is 35.4 Å². The number of carbonyl (C=O) groups is 1. The number of nitrogens with two attached hydrogens (primary N) is 1. The maximum atomic E-state index is 12.4. The number of carbonyl (C=O) groups excluding carboxylic acids is 1. The van der Waals surface area contributed by atoms with Gasteiger partial charge in [0.05, 0.1) is 21.1 Å². The molecule has 0 spiro atoms. The zero-order valence-corrected chi connectivity index (χ0v) is 13.1. The quantitative estimate of drug-likeness (QED) is 0.806. The summed E-state index contributed by atoms with van der Waals surface area (Å²) in [4.78, 5) is 12.6.